The molecule has 1 N–H and O–H groups in total. The average molecular weight is 440 g/mol. The van der Waals surface area contributed by atoms with Crippen molar-refractivity contribution in [3.8, 4) is 0 Å². The van der Waals surface area contributed by atoms with Crippen LogP contribution in [0.1, 0.15) is 62.3 Å². The summed E-state index contributed by atoms with van der Waals surface area (Å²) >= 11 is 0. The summed E-state index contributed by atoms with van der Waals surface area (Å²) in [5, 5.41) is 3.01. The third-order valence-electron chi connectivity index (χ3n) is 5.35. The van der Waals surface area contributed by atoms with E-state index in [4.69, 9.17) is 4.74 Å². The maximum atomic E-state index is 13.6. The molecular weight excluding hydrogens is 394 g/mol. The summed E-state index contributed by atoms with van der Waals surface area (Å²) < 4.78 is 5.08. The number of nitrogens with zero attached hydrogens (tertiary/aromatic N) is 2. The fourth-order valence-corrected chi connectivity index (χ4v) is 3.68. The second-order valence-corrected chi connectivity index (χ2v) is 10.2. The molecule has 0 bridgehead atoms. The molecular formula is C24H45N3O4. The normalized spacial score (nSPS) is 15.6. The van der Waals surface area contributed by atoms with Gasteiger partial charge in [0.2, 0.25) is 11.8 Å². The zero-order chi connectivity index (χ0) is 24.7. The van der Waals surface area contributed by atoms with Crippen LogP contribution in [0.3, 0.4) is 0 Å². The van der Waals surface area contributed by atoms with E-state index >= 15 is 0 Å². The minimum absolute atomic E-state index is 0.0693. The fourth-order valence-electron chi connectivity index (χ4n) is 3.68. The summed E-state index contributed by atoms with van der Waals surface area (Å²) in [6, 6.07) is -1.35. The Balaban J connectivity index is 5.91. The SMILES string of the molecule is CCOC(=O)/C(C)=C/[C@H](C(C)C)N(C)C(=O)[C@@H](NC(=O)[C@H](C(C)C)N(C)C)C(C)(C)C. The third kappa shape index (κ3) is 8.63. The first-order chi connectivity index (χ1) is 14.1. The summed E-state index contributed by atoms with van der Waals surface area (Å²) in [6.07, 6.45) is 1.78. The van der Waals surface area contributed by atoms with Crippen molar-refractivity contribution >= 4 is 17.8 Å². The van der Waals surface area contributed by atoms with E-state index in [1.807, 2.05) is 67.5 Å². The smallest absolute Gasteiger partial charge is 0.333 e. The number of carbonyl (C=O) groups excluding carboxylic acids is 3. The number of rotatable bonds is 10. The van der Waals surface area contributed by atoms with Crippen molar-refractivity contribution in [2.75, 3.05) is 27.7 Å². The van der Waals surface area contributed by atoms with Crippen molar-refractivity contribution in [2.45, 2.75) is 80.4 Å². The summed E-state index contributed by atoms with van der Waals surface area (Å²) in [6.45, 7) is 17.5. The van der Waals surface area contributed by atoms with E-state index < -0.39 is 11.5 Å². The second-order valence-electron chi connectivity index (χ2n) is 10.2. The molecule has 0 aromatic rings. The van der Waals surface area contributed by atoms with Gasteiger partial charge in [-0.05, 0) is 45.2 Å². The van der Waals surface area contributed by atoms with Gasteiger partial charge in [-0.1, -0.05) is 54.5 Å². The van der Waals surface area contributed by atoms with Crippen LogP contribution in [0.2, 0.25) is 0 Å². The van der Waals surface area contributed by atoms with Gasteiger partial charge < -0.3 is 15.0 Å². The van der Waals surface area contributed by atoms with Crippen LogP contribution in [0.25, 0.3) is 0 Å². The van der Waals surface area contributed by atoms with E-state index in [0.717, 1.165) is 0 Å². The number of hydrogen-bond donors (Lipinski definition) is 1. The minimum atomic E-state index is -0.705. The molecule has 3 atom stereocenters. The molecule has 0 fully saturated rings. The first kappa shape index (κ1) is 29.1. The zero-order valence-corrected chi connectivity index (χ0v) is 21.7. The van der Waals surface area contributed by atoms with Gasteiger partial charge in [0.25, 0.3) is 0 Å². The number of carbonyl (C=O) groups is 3. The van der Waals surface area contributed by atoms with Crippen LogP contribution in [0.5, 0.6) is 0 Å². The molecule has 0 saturated carbocycles. The second kappa shape index (κ2) is 12.2. The Morgan fingerprint density at radius 3 is 1.87 bits per heavy atom. The largest absolute Gasteiger partial charge is 0.463 e. The maximum Gasteiger partial charge on any atom is 0.333 e. The first-order valence-corrected chi connectivity index (χ1v) is 11.1. The van der Waals surface area contributed by atoms with Gasteiger partial charge in [0.15, 0.2) is 0 Å². The summed E-state index contributed by atoms with van der Waals surface area (Å²) in [5.74, 6) is -0.572. The predicted molar refractivity (Wildman–Crippen MR) is 125 cm³/mol. The molecule has 7 nitrogen and oxygen atoms in total. The summed E-state index contributed by atoms with van der Waals surface area (Å²) in [7, 11) is 5.45. The molecule has 0 aliphatic carbocycles. The molecule has 0 aromatic carbocycles. The number of esters is 1. The highest BCUT2D eigenvalue weighted by atomic mass is 16.5. The Morgan fingerprint density at radius 1 is 1.00 bits per heavy atom. The topological polar surface area (TPSA) is 79.0 Å². The van der Waals surface area contributed by atoms with Crippen molar-refractivity contribution in [3.05, 3.63) is 11.6 Å². The molecule has 0 unspecified atom stereocenters. The van der Waals surface area contributed by atoms with Gasteiger partial charge in [0.05, 0.1) is 18.7 Å². The van der Waals surface area contributed by atoms with Crippen LogP contribution in [0, 0.1) is 17.3 Å². The Kier molecular flexibility index (Phi) is 11.5. The van der Waals surface area contributed by atoms with Crippen molar-refractivity contribution < 1.29 is 19.1 Å². The van der Waals surface area contributed by atoms with E-state index in [1.54, 1.807) is 31.9 Å². The molecule has 31 heavy (non-hydrogen) atoms. The van der Waals surface area contributed by atoms with Crippen LogP contribution < -0.4 is 5.32 Å². The van der Waals surface area contributed by atoms with E-state index in [-0.39, 0.29) is 41.7 Å². The van der Waals surface area contributed by atoms with Crippen LogP contribution in [-0.2, 0) is 19.1 Å². The highest BCUT2D eigenvalue weighted by Crippen LogP contribution is 2.24. The Hall–Kier alpha value is -1.89. The van der Waals surface area contributed by atoms with Crippen LogP contribution >= 0.6 is 0 Å². The van der Waals surface area contributed by atoms with Gasteiger partial charge in [0, 0.05) is 12.6 Å². The number of ether oxygens (including phenoxy) is 1. The highest BCUT2D eigenvalue weighted by molar-refractivity contribution is 5.91. The van der Waals surface area contributed by atoms with E-state index in [0.29, 0.717) is 12.2 Å². The van der Waals surface area contributed by atoms with Gasteiger partial charge in [-0.15, -0.1) is 0 Å². The number of likely N-dealkylation sites (N-methyl/N-ethyl adjacent to an activating group) is 2. The lowest BCUT2D eigenvalue weighted by molar-refractivity contribution is -0.141. The quantitative estimate of drug-likeness (QED) is 0.418. The lowest BCUT2D eigenvalue weighted by Gasteiger charge is -2.38. The Bertz CT molecular complexity index is 640. The molecule has 7 heteroatoms. The fraction of sp³-hybridized carbons (Fsp3) is 0.792. The number of hydrogen-bond acceptors (Lipinski definition) is 5. The first-order valence-electron chi connectivity index (χ1n) is 11.1. The molecule has 180 valence electrons. The molecule has 0 radical (unpaired) electrons. The van der Waals surface area contributed by atoms with Gasteiger partial charge in [-0.2, -0.15) is 0 Å². The van der Waals surface area contributed by atoms with E-state index in [2.05, 4.69) is 5.32 Å². The lowest BCUT2D eigenvalue weighted by atomic mass is 9.84. The molecule has 0 aliphatic heterocycles. The Morgan fingerprint density at radius 2 is 1.52 bits per heavy atom. The Labute approximate surface area is 189 Å². The van der Waals surface area contributed by atoms with Gasteiger partial charge in [-0.3, -0.25) is 14.5 Å². The number of nitrogens with one attached hydrogen (secondary N) is 1. The van der Waals surface area contributed by atoms with Crippen molar-refractivity contribution in [1.82, 2.24) is 15.1 Å². The highest BCUT2D eigenvalue weighted by Gasteiger charge is 2.38. The van der Waals surface area contributed by atoms with Gasteiger partial charge >= 0.3 is 5.97 Å². The average Bonchev–Trinajstić information content (AvgIpc) is 2.61. The van der Waals surface area contributed by atoms with E-state index in [9.17, 15) is 14.4 Å². The van der Waals surface area contributed by atoms with Crippen molar-refractivity contribution in [3.63, 3.8) is 0 Å². The van der Waals surface area contributed by atoms with Crippen molar-refractivity contribution in [1.29, 1.82) is 0 Å². The van der Waals surface area contributed by atoms with Crippen LogP contribution in [0.15, 0.2) is 11.6 Å². The third-order valence-corrected chi connectivity index (χ3v) is 5.35. The molecule has 0 aliphatic rings. The molecule has 0 saturated heterocycles. The summed E-state index contributed by atoms with van der Waals surface area (Å²) in [4.78, 5) is 42.2. The predicted octanol–water partition coefficient (Wildman–Crippen LogP) is 3.10. The number of amides is 2. The lowest BCUT2D eigenvalue weighted by Crippen LogP contribution is -2.59. The van der Waals surface area contributed by atoms with Gasteiger partial charge in [0.1, 0.15) is 6.04 Å². The van der Waals surface area contributed by atoms with Crippen LogP contribution in [0.4, 0.5) is 0 Å². The minimum Gasteiger partial charge on any atom is -0.463 e. The molecule has 0 rings (SSSR count). The molecule has 0 heterocycles. The molecule has 0 spiro atoms. The van der Waals surface area contributed by atoms with E-state index in [1.165, 1.54) is 0 Å². The molecule has 0 aromatic heterocycles. The standard InChI is InChI=1S/C24H45N3O4/c1-13-31-23(30)17(6)14-18(15(2)3)27(12)22(29)20(24(7,8)9)25-21(28)19(16(4)5)26(10)11/h14-16,18-20H,13H2,1-12H3,(H,25,28)/b17-14+/t18-,19+,20-/m1/s1. The molecule has 2 amide bonds. The maximum absolute atomic E-state index is 13.6. The zero-order valence-electron chi connectivity index (χ0n) is 21.7. The van der Waals surface area contributed by atoms with Crippen molar-refractivity contribution in [2.24, 2.45) is 17.3 Å². The monoisotopic (exact) mass is 439 g/mol. The summed E-state index contributed by atoms with van der Waals surface area (Å²) in [5.41, 5.74) is -0.0277. The van der Waals surface area contributed by atoms with Gasteiger partial charge in [-0.25, -0.2) is 4.79 Å². The van der Waals surface area contributed by atoms with Crippen LogP contribution in [-0.4, -0.2) is 73.5 Å².